The van der Waals surface area contributed by atoms with Crippen molar-refractivity contribution >= 4 is 28.1 Å². The number of carbonyl (C=O) groups excluding carboxylic acids is 1. The molecule has 7 nitrogen and oxygen atoms in total. The summed E-state index contributed by atoms with van der Waals surface area (Å²) in [5.41, 5.74) is 1.07. The molecule has 1 fully saturated rings. The summed E-state index contributed by atoms with van der Waals surface area (Å²) >= 11 is 0. The van der Waals surface area contributed by atoms with E-state index >= 15 is 0 Å². The Morgan fingerprint density at radius 1 is 1.42 bits per heavy atom. The Morgan fingerprint density at radius 2 is 2.25 bits per heavy atom. The second kappa shape index (κ2) is 6.82. The highest BCUT2D eigenvalue weighted by Crippen LogP contribution is 2.34. The number of aromatic nitrogens is 1. The average Bonchev–Trinajstić information content (AvgIpc) is 2.59. The standard InChI is InChI=1S/C17H20N4O3/c1-12(22)19-9-13-3-2-8-20(11-13)16-4-5-17(21(23)24)15-10-18-7-6-14(15)16/h4-7,10,13H,2-3,8-9,11H2,1H3,(H,19,22). The molecule has 0 aliphatic carbocycles. The summed E-state index contributed by atoms with van der Waals surface area (Å²) < 4.78 is 0. The molecular weight excluding hydrogens is 308 g/mol. The van der Waals surface area contributed by atoms with E-state index in [1.165, 1.54) is 6.92 Å². The van der Waals surface area contributed by atoms with Crippen LogP contribution in [0, 0.1) is 16.0 Å². The Morgan fingerprint density at radius 3 is 3.00 bits per heavy atom. The van der Waals surface area contributed by atoms with Gasteiger partial charge in [-0.3, -0.25) is 19.9 Å². The molecule has 1 aliphatic rings. The summed E-state index contributed by atoms with van der Waals surface area (Å²) in [5, 5.41) is 15.5. The van der Waals surface area contributed by atoms with Gasteiger partial charge < -0.3 is 10.2 Å². The maximum absolute atomic E-state index is 11.2. The van der Waals surface area contributed by atoms with Gasteiger partial charge in [-0.2, -0.15) is 0 Å². The Hall–Kier alpha value is -2.70. The molecular formula is C17H20N4O3. The van der Waals surface area contributed by atoms with Crippen molar-refractivity contribution in [1.82, 2.24) is 10.3 Å². The van der Waals surface area contributed by atoms with Gasteiger partial charge in [0.1, 0.15) is 0 Å². The molecule has 0 spiro atoms. The van der Waals surface area contributed by atoms with Gasteiger partial charge in [0.05, 0.1) is 10.3 Å². The third kappa shape index (κ3) is 3.29. The number of piperidine rings is 1. The Bertz CT molecular complexity index is 778. The van der Waals surface area contributed by atoms with Crippen LogP contribution in [0.4, 0.5) is 11.4 Å². The number of hydrogen-bond acceptors (Lipinski definition) is 5. The van der Waals surface area contributed by atoms with Gasteiger partial charge in [-0.05, 0) is 30.9 Å². The number of nitrogens with one attached hydrogen (secondary N) is 1. The Labute approximate surface area is 139 Å². The zero-order valence-electron chi connectivity index (χ0n) is 13.6. The maximum Gasteiger partial charge on any atom is 0.278 e. The fraction of sp³-hybridized carbons (Fsp3) is 0.412. The van der Waals surface area contributed by atoms with E-state index in [2.05, 4.69) is 15.2 Å². The molecule has 3 rings (SSSR count). The normalized spacial score (nSPS) is 17.7. The van der Waals surface area contributed by atoms with E-state index in [4.69, 9.17) is 0 Å². The van der Waals surface area contributed by atoms with E-state index in [9.17, 15) is 14.9 Å². The van der Waals surface area contributed by atoms with E-state index in [1.807, 2.05) is 12.1 Å². The molecule has 7 heteroatoms. The molecule has 1 atom stereocenters. The molecule has 0 saturated carbocycles. The highest BCUT2D eigenvalue weighted by molar-refractivity contribution is 5.99. The van der Waals surface area contributed by atoms with Gasteiger partial charge in [-0.1, -0.05) is 0 Å². The number of nitrogens with zero attached hydrogens (tertiary/aromatic N) is 3. The SMILES string of the molecule is CC(=O)NCC1CCCN(c2ccc([N+](=O)[O-])c3cnccc23)C1. The summed E-state index contributed by atoms with van der Waals surface area (Å²) in [6.07, 6.45) is 5.32. The first-order chi connectivity index (χ1) is 11.6. The van der Waals surface area contributed by atoms with Crippen molar-refractivity contribution in [1.29, 1.82) is 0 Å². The van der Waals surface area contributed by atoms with E-state index in [0.29, 0.717) is 17.8 Å². The molecule has 1 aromatic carbocycles. The fourth-order valence-corrected chi connectivity index (χ4v) is 3.33. The van der Waals surface area contributed by atoms with Gasteiger partial charge in [0.15, 0.2) is 0 Å². The van der Waals surface area contributed by atoms with Gasteiger partial charge in [-0.25, -0.2) is 0 Å². The number of fused-ring (bicyclic) bond motifs is 1. The number of pyridine rings is 1. The van der Waals surface area contributed by atoms with Gasteiger partial charge in [0.25, 0.3) is 5.69 Å². The van der Waals surface area contributed by atoms with E-state index < -0.39 is 0 Å². The van der Waals surface area contributed by atoms with Crippen molar-refractivity contribution in [2.75, 3.05) is 24.5 Å². The van der Waals surface area contributed by atoms with E-state index in [0.717, 1.165) is 37.0 Å². The van der Waals surface area contributed by atoms with Crippen LogP contribution in [0.25, 0.3) is 10.8 Å². The van der Waals surface area contributed by atoms with E-state index in [-0.39, 0.29) is 16.5 Å². The number of hydrogen-bond donors (Lipinski definition) is 1. The first-order valence-corrected chi connectivity index (χ1v) is 8.07. The predicted octanol–water partition coefficient (Wildman–Crippen LogP) is 2.50. The number of nitro groups is 1. The molecule has 1 saturated heterocycles. The summed E-state index contributed by atoms with van der Waals surface area (Å²) in [6.45, 7) is 3.93. The molecule has 1 aromatic heterocycles. The molecule has 1 N–H and O–H groups in total. The largest absolute Gasteiger partial charge is 0.371 e. The summed E-state index contributed by atoms with van der Waals surface area (Å²) in [7, 11) is 0. The van der Waals surface area contributed by atoms with Gasteiger partial charge in [-0.15, -0.1) is 0 Å². The predicted molar refractivity (Wildman–Crippen MR) is 92.0 cm³/mol. The number of benzene rings is 1. The lowest BCUT2D eigenvalue weighted by Crippen LogP contribution is -2.40. The fourth-order valence-electron chi connectivity index (χ4n) is 3.33. The molecule has 1 aliphatic heterocycles. The molecule has 126 valence electrons. The zero-order valence-corrected chi connectivity index (χ0v) is 13.6. The molecule has 24 heavy (non-hydrogen) atoms. The Balaban J connectivity index is 1.90. The van der Waals surface area contributed by atoms with Gasteiger partial charge >= 0.3 is 0 Å². The molecule has 0 radical (unpaired) electrons. The summed E-state index contributed by atoms with van der Waals surface area (Å²) in [5.74, 6) is 0.369. The van der Waals surface area contributed by atoms with Crippen molar-refractivity contribution in [3.05, 3.63) is 40.7 Å². The van der Waals surface area contributed by atoms with Crippen LogP contribution in [0.3, 0.4) is 0 Å². The van der Waals surface area contributed by atoms with Gasteiger partial charge in [0.2, 0.25) is 5.91 Å². The maximum atomic E-state index is 11.2. The average molecular weight is 328 g/mol. The van der Waals surface area contributed by atoms with Crippen LogP contribution >= 0.6 is 0 Å². The number of anilines is 1. The zero-order chi connectivity index (χ0) is 17.1. The smallest absolute Gasteiger partial charge is 0.278 e. The lowest BCUT2D eigenvalue weighted by Gasteiger charge is -2.35. The second-order valence-electron chi connectivity index (χ2n) is 6.17. The van der Waals surface area contributed by atoms with Crippen LogP contribution in [0.1, 0.15) is 19.8 Å². The van der Waals surface area contributed by atoms with Crippen LogP contribution < -0.4 is 10.2 Å². The van der Waals surface area contributed by atoms with Crippen molar-refractivity contribution < 1.29 is 9.72 Å². The molecule has 2 heterocycles. The van der Waals surface area contributed by atoms with Gasteiger partial charge in [0, 0.05) is 56.1 Å². The van der Waals surface area contributed by atoms with Crippen LogP contribution in [0.15, 0.2) is 30.6 Å². The third-order valence-corrected chi connectivity index (χ3v) is 4.47. The minimum absolute atomic E-state index is 0.0148. The lowest BCUT2D eigenvalue weighted by molar-refractivity contribution is -0.383. The minimum atomic E-state index is -0.371. The number of non-ortho nitro benzene ring substituents is 1. The molecule has 1 amide bonds. The van der Waals surface area contributed by atoms with E-state index in [1.54, 1.807) is 18.5 Å². The number of carbonyl (C=O) groups is 1. The van der Waals surface area contributed by atoms with Crippen molar-refractivity contribution in [2.24, 2.45) is 5.92 Å². The highest BCUT2D eigenvalue weighted by Gasteiger charge is 2.23. The highest BCUT2D eigenvalue weighted by atomic mass is 16.6. The quantitative estimate of drug-likeness (QED) is 0.688. The first kappa shape index (κ1) is 16.2. The van der Waals surface area contributed by atoms with Crippen LogP contribution in [-0.2, 0) is 4.79 Å². The summed E-state index contributed by atoms with van der Waals surface area (Å²) in [6, 6.07) is 5.20. The monoisotopic (exact) mass is 328 g/mol. The van der Waals surface area contributed by atoms with Crippen LogP contribution in [0.2, 0.25) is 0 Å². The molecule has 2 aromatic rings. The topological polar surface area (TPSA) is 88.4 Å². The molecule has 1 unspecified atom stereocenters. The number of rotatable bonds is 4. The van der Waals surface area contributed by atoms with Crippen molar-refractivity contribution in [3.8, 4) is 0 Å². The second-order valence-corrected chi connectivity index (χ2v) is 6.17. The number of nitro benzene ring substituents is 1. The van der Waals surface area contributed by atoms with Crippen LogP contribution in [0.5, 0.6) is 0 Å². The van der Waals surface area contributed by atoms with Crippen LogP contribution in [-0.4, -0.2) is 35.4 Å². The minimum Gasteiger partial charge on any atom is -0.371 e. The Kier molecular flexibility index (Phi) is 4.59. The molecule has 0 bridgehead atoms. The number of amides is 1. The third-order valence-electron chi connectivity index (χ3n) is 4.47. The summed E-state index contributed by atoms with van der Waals surface area (Å²) in [4.78, 5) is 28.3. The van der Waals surface area contributed by atoms with Crippen molar-refractivity contribution in [2.45, 2.75) is 19.8 Å². The first-order valence-electron chi connectivity index (χ1n) is 8.07. The lowest BCUT2D eigenvalue weighted by atomic mass is 9.96. The van der Waals surface area contributed by atoms with Crippen molar-refractivity contribution in [3.63, 3.8) is 0 Å².